The number of hydrogen-bond acceptors (Lipinski definition) is 3. The van der Waals surface area contributed by atoms with Gasteiger partial charge < -0.3 is 16.4 Å². The lowest BCUT2D eigenvalue weighted by Gasteiger charge is -2.20. The van der Waals surface area contributed by atoms with Gasteiger partial charge >= 0.3 is 0 Å². The minimum atomic E-state index is -0.268. The Morgan fingerprint density at radius 3 is 2.33 bits per heavy atom. The second kappa shape index (κ2) is 6.16. The summed E-state index contributed by atoms with van der Waals surface area (Å²) in [5.74, 6) is 0.156. The van der Waals surface area contributed by atoms with Crippen LogP contribution in [0.25, 0.3) is 0 Å². The summed E-state index contributed by atoms with van der Waals surface area (Å²) in [7, 11) is 0. The van der Waals surface area contributed by atoms with Crippen LogP contribution in [0.15, 0.2) is 24.3 Å². The molecule has 0 heterocycles. The molecule has 0 bridgehead atoms. The van der Waals surface area contributed by atoms with Crippen LogP contribution in [0.2, 0.25) is 0 Å². The number of hydrogen-bond donors (Lipinski definition) is 3. The number of carbonyl (C=O) groups is 2. The van der Waals surface area contributed by atoms with Gasteiger partial charge in [0.1, 0.15) is 0 Å². The SMILES string of the molecule is CC(C)C1(CNC(=O)CNC(=O)c2ccc(N)cc2)CC1. The van der Waals surface area contributed by atoms with E-state index >= 15 is 0 Å². The first-order chi connectivity index (χ1) is 9.93. The van der Waals surface area contributed by atoms with Crippen LogP contribution in [0.5, 0.6) is 0 Å². The molecular weight excluding hydrogens is 266 g/mol. The van der Waals surface area contributed by atoms with Gasteiger partial charge in [0.05, 0.1) is 6.54 Å². The van der Waals surface area contributed by atoms with Crippen molar-refractivity contribution in [2.45, 2.75) is 26.7 Å². The fourth-order valence-electron chi connectivity index (χ4n) is 2.35. The van der Waals surface area contributed by atoms with Crippen LogP contribution in [0.3, 0.4) is 0 Å². The zero-order valence-electron chi connectivity index (χ0n) is 12.6. The van der Waals surface area contributed by atoms with Crippen LogP contribution in [0.1, 0.15) is 37.0 Å². The van der Waals surface area contributed by atoms with Gasteiger partial charge in [-0.15, -0.1) is 0 Å². The molecule has 1 aromatic rings. The first kappa shape index (κ1) is 15.4. The summed E-state index contributed by atoms with van der Waals surface area (Å²) < 4.78 is 0. The highest BCUT2D eigenvalue weighted by atomic mass is 16.2. The molecule has 21 heavy (non-hydrogen) atoms. The number of nitrogen functional groups attached to an aromatic ring is 1. The third-order valence-corrected chi connectivity index (χ3v) is 4.34. The molecule has 1 saturated carbocycles. The van der Waals surface area contributed by atoms with Crippen LogP contribution >= 0.6 is 0 Å². The van der Waals surface area contributed by atoms with Crippen LogP contribution in [-0.2, 0) is 4.79 Å². The van der Waals surface area contributed by atoms with Crippen molar-refractivity contribution in [1.29, 1.82) is 0 Å². The average molecular weight is 289 g/mol. The zero-order chi connectivity index (χ0) is 15.5. The number of nitrogens with two attached hydrogens (primary N) is 1. The Hall–Kier alpha value is -2.04. The lowest BCUT2D eigenvalue weighted by atomic mass is 9.92. The molecule has 0 aromatic heterocycles. The highest BCUT2D eigenvalue weighted by molar-refractivity contribution is 5.96. The molecule has 1 aromatic carbocycles. The summed E-state index contributed by atoms with van der Waals surface area (Å²) in [5, 5.41) is 5.52. The van der Waals surface area contributed by atoms with E-state index in [0.717, 1.165) is 0 Å². The molecule has 0 unspecified atom stereocenters. The van der Waals surface area contributed by atoms with Gasteiger partial charge in [-0.2, -0.15) is 0 Å². The maximum atomic E-state index is 11.9. The van der Waals surface area contributed by atoms with Crippen molar-refractivity contribution in [1.82, 2.24) is 10.6 Å². The lowest BCUT2D eigenvalue weighted by molar-refractivity contribution is -0.120. The topological polar surface area (TPSA) is 84.2 Å². The molecule has 5 heteroatoms. The van der Waals surface area contributed by atoms with Crippen molar-refractivity contribution < 1.29 is 9.59 Å². The van der Waals surface area contributed by atoms with Gasteiger partial charge in [-0.3, -0.25) is 9.59 Å². The van der Waals surface area contributed by atoms with Crippen molar-refractivity contribution in [2.24, 2.45) is 11.3 Å². The van der Waals surface area contributed by atoms with Gasteiger partial charge in [-0.05, 0) is 48.4 Å². The summed E-state index contributed by atoms with van der Waals surface area (Å²) in [6, 6.07) is 6.60. The molecule has 0 radical (unpaired) electrons. The minimum Gasteiger partial charge on any atom is -0.399 e. The Kier molecular flexibility index (Phi) is 4.50. The van der Waals surface area contributed by atoms with Gasteiger partial charge in [0.15, 0.2) is 0 Å². The minimum absolute atomic E-state index is 0.00259. The highest BCUT2D eigenvalue weighted by Gasteiger charge is 2.45. The fourth-order valence-corrected chi connectivity index (χ4v) is 2.35. The third kappa shape index (κ3) is 3.97. The van der Waals surface area contributed by atoms with Crippen molar-refractivity contribution in [3.8, 4) is 0 Å². The predicted octanol–water partition coefficient (Wildman–Crippen LogP) is 1.55. The Morgan fingerprint density at radius 2 is 1.81 bits per heavy atom. The number of benzene rings is 1. The predicted molar refractivity (Wildman–Crippen MR) is 82.7 cm³/mol. The molecule has 0 saturated heterocycles. The Balaban J connectivity index is 1.74. The van der Waals surface area contributed by atoms with Crippen LogP contribution in [0, 0.1) is 11.3 Å². The van der Waals surface area contributed by atoms with Crippen molar-refractivity contribution in [2.75, 3.05) is 18.8 Å². The summed E-state index contributed by atoms with van der Waals surface area (Å²) in [6.07, 6.45) is 2.34. The van der Waals surface area contributed by atoms with E-state index in [2.05, 4.69) is 24.5 Å². The number of carbonyl (C=O) groups excluding carboxylic acids is 2. The number of nitrogens with one attached hydrogen (secondary N) is 2. The molecule has 5 nitrogen and oxygen atoms in total. The maximum absolute atomic E-state index is 11.9. The molecule has 0 aliphatic heterocycles. The van der Waals surface area contributed by atoms with E-state index in [9.17, 15) is 9.59 Å². The van der Waals surface area contributed by atoms with E-state index in [1.54, 1.807) is 24.3 Å². The van der Waals surface area contributed by atoms with Crippen molar-refractivity contribution >= 4 is 17.5 Å². The lowest BCUT2D eigenvalue weighted by Crippen LogP contribution is -2.40. The molecule has 2 rings (SSSR count). The molecule has 4 N–H and O–H groups in total. The normalized spacial score (nSPS) is 15.6. The quantitative estimate of drug-likeness (QED) is 0.695. The molecule has 0 atom stereocenters. The monoisotopic (exact) mass is 289 g/mol. The number of rotatable bonds is 6. The van der Waals surface area contributed by atoms with Gasteiger partial charge in [-0.1, -0.05) is 13.8 Å². The first-order valence-corrected chi connectivity index (χ1v) is 7.33. The summed E-state index contributed by atoms with van der Waals surface area (Å²) in [6.45, 7) is 5.06. The van der Waals surface area contributed by atoms with Gasteiger partial charge in [0.25, 0.3) is 5.91 Å². The van der Waals surface area contributed by atoms with Gasteiger partial charge in [0, 0.05) is 17.8 Å². The molecule has 1 fully saturated rings. The average Bonchev–Trinajstić information content (AvgIpc) is 3.24. The van der Waals surface area contributed by atoms with Crippen LogP contribution < -0.4 is 16.4 Å². The van der Waals surface area contributed by atoms with Crippen molar-refractivity contribution in [3.63, 3.8) is 0 Å². The van der Waals surface area contributed by atoms with Crippen LogP contribution in [0.4, 0.5) is 5.69 Å². The molecule has 1 aliphatic carbocycles. The smallest absolute Gasteiger partial charge is 0.251 e. The Morgan fingerprint density at radius 1 is 1.19 bits per heavy atom. The van der Waals surface area contributed by atoms with E-state index in [4.69, 9.17) is 5.73 Å². The molecule has 1 aliphatic rings. The van der Waals surface area contributed by atoms with E-state index in [0.29, 0.717) is 23.7 Å². The molecule has 0 spiro atoms. The fraction of sp³-hybridized carbons (Fsp3) is 0.500. The second-order valence-electron chi connectivity index (χ2n) is 6.10. The molecule has 114 valence electrons. The highest BCUT2D eigenvalue weighted by Crippen LogP contribution is 2.51. The maximum Gasteiger partial charge on any atom is 0.251 e. The largest absolute Gasteiger partial charge is 0.399 e. The Bertz CT molecular complexity index is 519. The third-order valence-electron chi connectivity index (χ3n) is 4.34. The zero-order valence-corrected chi connectivity index (χ0v) is 12.6. The van der Waals surface area contributed by atoms with Gasteiger partial charge in [0.2, 0.25) is 5.91 Å². The van der Waals surface area contributed by atoms with E-state index in [-0.39, 0.29) is 23.8 Å². The summed E-state index contributed by atoms with van der Waals surface area (Å²) in [5.41, 5.74) is 6.94. The first-order valence-electron chi connectivity index (χ1n) is 7.33. The standard InChI is InChI=1S/C16H23N3O2/c1-11(2)16(7-8-16)10-19-14(20)9-18-15(21)12-3-5-13(17)6-4-12/h3-6,11H,7-10,17H2,1-2H3,(H,18,21)(H,19,20). The van der Waals surface area contributed by atoms with E-state index in [1.807, 2.05) is 0 Å². The second-order valence-corrected chi connectivity index (χ2v) is 6.10. The molecule has 2 amide bonds. The van der Waals surface area contributed by atoms with Gasteiger partial charge in [-0.25, -0.2) is 0 Å². The number of amides is 2. The summed E-state index contributed by atoms with van der Waals surface area (Å²) in [4.78, 5) is 23.6. The van der Waals surface area contributed by atoms with Crippen molar-refractivity contribution in [3.05, 3.63) is 29.8 Å². The van der Waals surface area contributed by atoms with Crippen LogP contribution in [-0.4, -0.2) is 24.9 Å². The summed E-state index contributed by atoms with van der Waals surface area (Å²) >= 11 is 0. The number of anilines is 1. The van der Waals surface area contributed by atoms with E-state index < -0.39 is 0 Å². The Labute approximate surface area is 125 Å². The molecular formula is C16H23N3O2. The van der Waals surface area contributed by atoms with E-state index in [1.165, 1.54) is 12.8 Å².